The number of anilines is 1. The largest absolute Gasteiger partial charge is 0.373 e. The molecule has 3 heterocycles. The highest BCUT2D eigenvalue weighted by atomic mass is 16.5. The van der Waals surface area contributed by atoms with E-state index in [-0.39, 0.29) is 11.6 Å². The van der Waals surface area contributed by atoms with Gasteiger partial charge in [0.25, 0.3) is 0 Å². The van der Waals surface area contributed by atoms with E-state index < -0.39 is 0 Å². The van der Waals surface area contributed by atoms with E-state index in [1.165, 1.54) is 5.56 Å². The van der Waals surface area contributed by atoms with Crippen molar-refractivity contribution in [2.24, 2.45) is 0 Å². The third-order valence-corrected chi connectivity index (χ3v) is 4.66. The lowest BCUT2D eigenvalue weighted by atomic mass is 10.0. The van der Waals surface area contributed by atoms with Crippen molar-refractivity contribution in [3.63, 3.8) is 0 Å². The standard InChI is InChI=1S/C20H22N4O/c1-13-4-6-14(7-5-13)18-16-8-9-21-11-17(16)19(24-23-18)22-15-10-20(2,3)25-12-15/h4-9,11,15H,10,12H2,1-3H3,(H,22,24). The van der Waals surface area contributed by atoms with Crippen LogP contribution in [0, 0.1) is 6.92 Å². The van der Waals surface area contributed by atoms with Crippen LogP contribution in [0.5, 0.6) is 0 Å². The van der Waals surface area contributed by atoms with Crippen molar-refractivity contribution >= 4 is 16.6 Å². The lowest BCUT2D eigenvalue weighted by Crippen LogP contribution is -2.23. The fraction of sp³-hybridized carbons (Fsp3) is 0.350. The molecule has 1 fully saturated rings. The van der Waals surface area contributed by atoms with Gasteiger partial charge in [0, 0.05) is 28.7 Å². The summed E-state index contributed by atoms with van der Waals surface area (Å²) in [6.45, 7) is 6.98. The number of ether oxygens (including phenoxy) is 1. The van der Waals surface area contributed by atoms with Gasteiger partial charge in [0.15, 0.2) is 5.82 Å². The van der Waals surface area contributed by atoms with Crippen LogP contribution in [0.1, 0.15) is 25.8 Å². The number of nitrogens with zero attached hydrogens (tertiary/aromatic N) is 3. The van der Waals surface area contributed by atoms with Gasteiger partial charge in [-0.2, -0.15) is 0 Å². The third-order valence-electron chi connectivity index (χ3n) is 4.66. The summed E-state index contributed by atoms with van der Waals surface area (Å²) in [5.41, 5.74) is 3.07. The SMILES string of the molecule is Cc1ccc(-c2nnc(NC3COC(C)(C)C3)c3cnccc23)cc1. The lowest BCUT2D eigenvalue weighted by molar-refractivity contribution is 0.0363. The van der Waals surface area contributed by atoms with Crippen LogP contribution in [0.3, 0.4) is 0 Å². The first-order chi connectivity index (χ1) is 12.0. The minimum atomic E-state index is -0.0962. The second-order valence-electron chi connectivity index (χ2n) is 7.30. The molecular formula is C20H22N4O. The van der Waals surface area contributed by atoms with E-state index in [2.05, 4.69) is 65.5 Å². The second kappa shape index (κ2) is 6.08. The highest BCUT2D eigenvalue weighted by Gasteiger charge is 2.32. The maximum atomic E-state index is 5.82. The van der Waals surface area contributed by atoms with Crippen LogP contribution < -0.4 is 5.32 Å². The number of nitrogens with one attached hydrogen (secondary N) is 1. The average molecular weight is 334 g/mol. The van der Waals surface area contributed by atoms with E-state index in [0.717, 1.165) is 34.3 Å². The first kappa shape index (κ1) is 16.0. The Balaban J connectivity index is 1.73. The topological polar surface area (TPSA) is 59.9 Å². The van der Waals surface area contributed by atoms with E-state index in [0.29, 0.717) is 6.61 Å². The van der Waals surface area contributed by atoms with Crippen molar-refractivity contribution in [2.75, 3.05) is 11.9 Å². The van der Waals surface area contributed by atoms with Gasteiger partial charge in [0.1, 0.15) is 5.69 Å². The maximum Gasteiger partial charge on any atom is 0.158 e. The van der Waals surface area contributed by atoms with Gasteiger partial charge in [-0.15, -0.1) is 10.2 Å². The molecule has 0 spiro atoms. The molecule has 3 aromatic rings. The number of hydrogen-bond donors (Lipinski definition) is 1. The van der Waals surface area contributed by atoms with E-state index in [4.69, 9.17) is 4.74 Å². The van der Waals surface area contributed by atoms with Crippen LogP contribution in [0.2, 0.25) is 0 Å². The zero-order chi connectivity index (χ0) is 17.4. The van der Waals surface area contributed by atoms with Crippen LogP contribution in [-0.2, 0) is 4.74 Å². The minimum Gasteiger partial charge on any atom is -0.373 e. The third kappa shape index (κ3) is 3.20. The Morgan fingerprint density at radius 3 is 2.60 bits per heavy atom. The Hall–Kier alpha value is -2.53. The van der Waals surface area contributed by atoms with Crippen LogP contribution in [0.4, 0.5) is 5.82 Å². The molecule has 5 heteroatoms. The molecule has 1 N–H and O–H groups in total. The molecule has 4 rings (SSSR count). The van der Waals surface area contributed by atoms with Crippen LogP contribution in [-0.4, -0.2) is 33.4 Å². The first-order valence-electron chi connectivity index (χ1n) is 8.60. The summed E-state index contributed by atoms with van der Waals surface area (Å²) < 4.78 is 5.82. The summed E-state index contributed by atoms with van der Waals surface area (Å²) in [4.78, 5) is 4.29. The molecule has 0 aliphatic carbocycles. The van der Waals surface area contributed by atoms with Gasteiger partial charge in [-0.1, -0.05) is 29.8 Å². The molecule has 1 aliphatic rings. The number of fused-ring (bicyclic) bond motifs is 1. The molecule has 1 unspecified atom stereocenters. The van der Waals surface area contributed by atoms with Crippen LogP contribution >= 0.6 is 0 Å². The van der Waals surface area contributed by atoms with Gasteiger partial charge in [0.05, 0.1) is 18.2 Å². The van der Waals surface area contributed by atoms with Gasteiger partial charge in [-0.3, -0.25) is 4.98 Å². The first-order valence-corrected chi connectivity index (χ1v) is 8.60. The van der Waals surface area contributed by atoms with E-state index in [9.17, 15) is 0 Å². The van der Waals surface area contributed by atoms with Crippen molar-refractivity contribution < 1.29 is 4.74 Å². The summed E-state index contributed by atoms with van der Waals surface area (Å²) in [6.07, 6.45) is 4.59. The average Bonchev–Trinajstić information content (AvgIpc) is 2.95. The molecule has 25 heavy (non-hydrogen) atoms. The number of pyridine rings is 1. The van der Waals surface area contributed by atoms with E-state index in [1.807, 2.05) is 12.3 Å². The molecule has 2 aromatic heterocycles. The fourth-order valence-corrected chi connectivity index (χ4v) is 3.35. The Morgan fingerprint density at radius 1 is 1.08 bits per heavy atom. The summed E-state index contributed by atoms with van der Waals surface area (Å²) in [6, 6.07) is 10.6. The second-order valence-corrected chi connectivity index (χ2v) is 7.30. The molecular weight excluding hydrogens is 312 g/mol. The predicted molar refractivity (Wildman–Crippen MR) is 99.6 cm³/mol. The maximum absolute atomic E-state index is 5.82. The normalized spacial score (nSPS) is 19.2. The number of aryl methyl sites for hydroxylation is 1. The molecule has 1 aliphatic heterocycles. The minimum absolute atomic E-state index is 0.0962. The van der Waals surface area contributed by atoms with Gasteiger partial charge >= 0.3 is 0 Å². The summed E-state index contributed by atoms with van der Waals surface area (Å²) in [5.74, 6) is 0.769. The quantitative estimate of drug-likeness (QED) is 0.785. The van der Waals surface area contributed by atoms with Gasteiger partial charge in [-0.25, -0.2) is 0 Å². The molecule has 1 aromatic carbocycles. The molecule has 0 saturated carbocycles. The van der Waals surface area contributed by atoms with Crippen molar-refractivity contribution in [3.05, 3.63) is 48.3 Å². The highest BCUT2D eigenvalue weighted by molar-refractivity contribution is 5.99. The van der Waals surface area contributed by atoms with Crippen LogP contribution in [0.15, 0.2) is 42.7 Å². The zero-order valence-corrected chi connectivity index (χ0v) is 14.8. The molecule has 1 atom stereocenters. The molecule has 0 radical (unpaired) electrons. The lowest BCUT2D eigenvalue weighted by Gasteiger charge is -2.17. The number of aromatic nitrogens is 3. The van der Waals surface area contributed by atoms with E-state index in [1.54, 1.807) is 6.20 Å². The summed E-state index contributed by atoms with van der Waals surface area (Å²) >= 11 is 0. The number of rotatable bonds is 3. The number of hydrogen-bond acceptors (Lipinski definition) is 5. The van der Waals surface area contributed by atoms with Gasteiger partial charge in [-0.05, 0) is 33.3 Å². The fourth-order valence-electron chi connectivity index (χ4n) is 3.35. The smallest absolute Gasteiger partial charge is 0.158 e. The molecule has 0 bridgehead atoms. The van der Waals surface area contributed by atoms with Crippen molar-refractivity contribution in [2.45, 2.75) is 38.8 Å². The Bertz CT molecular complexity index is 905. The molecule has 128 valence electrons. The zero-order valence-electron chi connectivity index (χ0n) is 14.8. The van der Waals surface area contributed by atoms with E-state index >= 15 is 0 Å². The summed E-state index contributed by atoms with van der Waals surface area (Å²) in [7, 11) is 0. The molecule has 1 saturated heterocycles. The van der Waals surface area contributed by atoms with Gasteiger partial charge < -0.3 is 10.1 Å². The molecule has 5 nitrogen and oxygen atoms in total. The van der Waals surface area contributed by atoms with Crippen molar-refractivity contribution in [3.8, 4) is 11.3 Å². The Kier molecular flexibility index (Phi) is 3.88. The predicted octanol–water partition coefficient (Wildman–Crippen LogP) is 3.98. The van der Waals surface area contributed by atoms with Crippen molar-refractivity contribution in [1.82, 2.24) is 15.2 Å². The number of benzene rings is 1. The Labute approximate surface area is 147 Å². The van der Waals surface area contributed by atoms with Gasteiger partial charge in [0.2, 0.25) is 0 Å². The Morgan fingerprint density at radius 2 is 1.88 bits per heavy atom. The monoisotopic (exact) mass is 334 g/mol. The molecule has 0 amide bonds. The summed E-state index contributed by atoms with van der Waals surface area (Å²) in [5, 5.41) is 14.5. The van der Waals surface area contributed by atoms with Crippen molar-refractivity contribution in [1.29, 1.82) is 0 Å². The highest BCUT2D eigenvalue weighted by Crippen LogP contribution is 2.31. The van der Waals surface area contributed by atoms with Crippen LogP contribution in [0.25, 0.3) is 22.0 Å².